The van der Waals surface area contributed by atoms with Crippen LogP contribution >= 0.6 is 15.9 Å². The summed E-state index contributed by atoms with van der Waals surface area (Å²) in [6.07, 6.45) is 9.85. The third-order valence-electron chi connectivity index (χ3n) is 4.67. The number of fused-ring (bicyclic) bond motifs is 1. The van der Waals surface area contributed by atoms with Crippen LogP contribution in [0.2, 0.25) is 0 Å². The van der Waals surface area contributed by atoms with Gasteiger partial charge in [0.05, 0.1) is 13.2 Å². The predicted molar refractivity (Wildman–Crippen MR) is 116 cm³/mol. The van der Waals surface area contributed by atoms with E-state index in [0.29, 0.717) is 0 Å². The Morgan fingerprint density at radius 3 is 2.19 bits per heavy atom. The molecule has 0 aliphatic heterocycles. The molecule has 2 aromatic carbocycles. The van der Waals surface area contributed by atoms with E-state index in [1.165, 1.54) is 32.1 Å². The first-order chi connectivity index (χ1) is 12.8. The Balaban J connectivity index is 1.94. The van der Waals surface area contributed by atoms with E-state index in [0.717, 1.165) is 65.6 Å². The van der Waals surface area contributed by atoms with Crippen LogP contribution in [0.1, 0.15) is 63.9 Å². The van der Waals surface area contributed by atoms with Crippen LogP contribution in [0.3, 0.4) is 0 Å². The average Bonchev–Trinajstić information content (AvgIpc) is 2.66. The van der Waals surface area contributed by atoms with Crippen molar-refractivity contribution in [2.24, 2.45) is 0 Å². The van der Waals surface area contributed by atoms with E-state index in [4.69, 9.17) is 9.47 Å². The molecule has 144 valence electrons. The Morgan fingerprint density at radius 2 is 1.46 bits per heavy atom. The number of unbranched alkanes of at least 4 members (excludes halogenated alkanes) is 6. The molecule has 0 aliphatic carbocycles. The molecule has 0 fully saturated rings. The zero-order valence-electron chi connectivity index (χ0n) is 16.4. The highest BCUT2D eigenvalue weighted by Gasteiger charge is 2.11. The highest BCUT2D eigenvalue weighted by atomic mass is 79.9. The minimum atomic E-state index is 0.774. The maximum absolute atomic E-state index is 6.15. The summed E-state index contributed by atoms with van der Waals surface area (Å²) in [6.45, 7) is 5.87. The van der Waals surface area contributed by atoms with Gasteiger partial charge in [-0.3, -0.25) is 0 Å². The lowest BCUT2D eigenvalue weighted by Gasteiger charge is -2.16. The van der Waals surface area contributed by atoms with Gasteiger partial charge in [-0.05, 0) is 37.8 Å². The number of benzene rings is 2. The fourth-order valence-corrected chi connectivity index (χ4v) is 3.56. The van der Waals surface area contributed by atoms with E-state index in [9.17, 15) is 0 Å². The fraction of sp³-hybridized carbons (Fsp3) is 0.565. The molecule has 0 atom stereocenters. The second-order valence-corrected chi connectivity index (χ2v) is 7.72. The molecule has 0 saturated carbocycles. The average molecular weight is 421 g/mol. The van der Waals surface area contributed by atoms with Crippen LogP contribution in [-0.2, 0) is 0 Å². The van der Waals surface area contributed by atoms with Gasteiger partial charge in [0, 0.05) is 16.1 Å². The van der Waals surface area contributed by atoms with Crippen LogP contribution in [0.4, 0.5) is 0 Å². The van der Waals surface area contributed by atoms with Crippen molar-refractivity contribution in [3.05, 3.63) is 35.9 Å². The van der Waals surface area contributed by atoms with Crippen LogP contribution in [0, 0.1) is 6.92 Å². The molecule has 2 rings (SSSR count). The topological polar surface area (TPSA) is 18.5 Å². The highest BCUT2D eigenvalue weighted by molar-refractivity contribution is 9.09. The summed E-state index contributed by atoms with van der Waals surface area (Å²) in [5, 5.41) is 3.44. The molecule has 2 aromatic rings. The second-order valence-electron chi connectivity index (χ2n) is 6.93. The van der Waals surface area contributed by atoms with Gasteiger partial charge < -0.3 is 9.47 Å². The van der Waals surface area contributed by atoms with E-state index < -0.39 is 0 Å². The van der Waals surface area contributed by atoms with Crippen LogP contribution in [0.5, 0.6) is 11.5 Å². The number of rotatable bonds is 13. The summed E-state index contributed by atoms with van der Waals surface area (Å²) in [7, 11) is 0. The minimum absolute atomic E-state index is 0.774. The Hall–Kier alpha value is -1.22. The van der Waals surface area contributed by atoms with Gasteiger partial charge in [-0.25, -0.2) is 0 Å². The van der Waals surface area contributed by atoms with Gasteiger partial charge in [0.2, 0.25) is 0 Å². The monoisotopic (exact) mass is 420 g/mol. The van der Waals surface area contributed by atoms with Crippen molar-refractivity contribution < 1.29 is 9.47 Å². The van der Waals surface area contributed by atoms with E-state index in [-0.39, 0.29) is 0 Å². The van der Waals surface area contributed by atoms with Gasteiger partial charge >= 0.3 is 0 Å². The van der Waals surface area contributed by atoms with Gasteiger partial charge in [-0.15, -0.1) is 0 Å². The fourth-order valence-electron chi connectivity index (χ4n) is 3.16. The first-order valence-electron chi connectivity index (χ1n) is 10.1. The van der Waals surface area contributed by atoms with E-state index in [1.54, 1.807) is 0 Å². The van der Waals surface area contributed by atoms with E-state index in [1.807, 2.05) is 0 Å². The molecule has 0 saturated heterocycles. The molecular formula is C23H33BrO2. The second kappa shape index (κ2) is 12.2. The molecule has 26 heavy (non-hydrogen) atoms. The highest BCUT2D eigenvalue weighted by Crippen LogP contribution is 2.36. The van der Waals surface area contributed by atoms with Crippen molar-refractivity contribution in [3.8, 4) is 11.5 Å². The molecule has 0 bridgehead atoms. The third kappa shape index (κ3) is 6.50. The quantitative estimate of drug-likeness (QED) is 0.247. The van der Waals surface area contributed by atoms with E-state index >= 15 is 0 Å². The molecule has 0 radical (unpaired) electrons. The minimum Gasteiger partial charge on any atom is -0.493 e. The van der Waals surface area contributed by atoms with Crippen molar-refractivity contribution in [3.63, 3.8) is 0 Å². The molecule has 0 N–H and O–H groups in total. The smallest absolute Gasteiger partial charge is 0.130 e. The van der Waals surface area contributed by atoms with Gasteiger partial charge in [0.1, 0.15) is 11.5 Å². The van der Waals surface area contributed by atoms with Crippen molar-refractivity contribution in [2.45, 2.75) is 65.2 Å². The largest absolute Gasteiger partial charge is 0.493 e. The number of hydrogen-bond acceptors (Lipinski definition) is 2. The molecule has 0 unspecified atom stereocenters. The van der Waals surface area contributed by atoms with Crippen molar-refractivity contribution in [1.82, 2.24) is 0 Å². The molecule has 0 aromatic heterocycles. The summed E-state index contributed by atoms with van der Waals surface area (Å²) in [6, 6.07) is 10.6. The molecule has 3 heteroatoms. The zero-order valence-corrected chi connectivity index (χ0v) is 17.9. The summed E-state index contributed by atoms with van der Waals surface area (Å²) >= 11 is 3.49. The number of aryl methyl sites for hydroxylation is 1. The maximum Gasteiger partial charge on any atom is 0.130 e. The number of hydrogen-bond donors (Lipinski definition) is 0. The number of halogens is 1. The van der Waals surface area contributed by atoms with Crippen molar-refractivity contribution in [1.29, 1.82) is 0 Å². The number of ether oxygens (including phenoxy) is 2. The van der Waals surface area contributed by atoms with Gasteiger partial charge in [-0.2, -0.15) is 0 Å². The molecule has 2 nitrogen and oxygen atoms in total. The third-order valence-corrected chi connectivity index (χ3v) is 5.23. The Labute approximate surface area is 167 Å². The van der Waals surface area contributed by atoms with Gasteiger partial charge in [0.25, 0.3) is 0 Å². The van der Waals surface area contributed by atoms with Gasteiger partial charge in [0.15, 0.2) is 0 Å². The Kier molecular flexibility index (Phi) is 9.91. The molecule has 0 aliphatic rings. The zero-order chi connectivity index (χ0) is 18.6. The molecule has 0 heterocycles. The normalized spacial score (nSPS) is 11.0. The molecule has 0 spiro atoms. The van der Waals surface area contributed by atoms with Crippen LogP contribution in [-0.4, -0.2) is 18.5 Å². The van der Waals surface area contributed by atoms with Gasteiger partial charge in [-0.1, -0.05) is 79.2 Å². The summed E-state index contributed by atoms with van der Waals surface area (Å²) in [5.74, 6) is 1.99. The Bertz CT molecular complexity index is 654. The molecule has 0 amide bonds. The summed E-state index contributed by atoms with van der Waals surface area (Å²) < 4.78 is 12.2. The Morgan fingerprint density at radius 1 is 0.808 bits per heavy atom. The van der Waals surface area contributed by atoms with Crippen LogP contribution < -0.4 is 9.47 Å². The first kappa shape index (κ1) is 21.1. The summed E-state index contributed by atoms with van der Waals surface area (Å²) in [5.41, 5.74) is 1.16. The van der Waals surface area contributed by atoms with Crippen LogP contribution in [0.15, 0.2) is 30.3 Å². The molecular weight excluding hydrogens is 388 g/mol. The maximum atomic E-state index is 6.15. The van der Waals surface area contributed by atoms with E-state index in [2.05, 4.69) is 60.1 Å². The SMILES string of the molecule is CCCCOc1c(C)cc(OCCCCCCCCBr)c2ccccc12. The number of alkyl halides is 1. The summed E-state index contributed by atoms with van der Waals surface area (Å²) in [4.78, 5) is 0. The lowest BCUT2D eigenvalue weighted by Crippen LogP contribution is -2.02. The van der Waals surface area contributed by atoms with Crippen LogP contribution in [0.25, 0.3) is 10.8 Å². The lowest BCUT2D eigenvalue weighted by molar-refractivity contribution is 0.302. The lowest BCUT2D eigenvalue weighted by atomic mass is 10.0. The van der Waals surface area contributed by atoms with Crippen molar-refractivity contribution in [2.75, 3.05) is 18.5 Å². The first-order valence-corrected chi connectivity index (χ1v) is 11.2. The predicted octanol–water partition coefficient (Wildman–Crippen LogP) is 7.44. The van der Waals surface area contributed by atoms with Crippen molar-refractivity contribution >= 4 is 26.7 Å². The standard InChI is InChI=1S/C23H33BrO2/c1-3-4-16-26-23-19(2)18-22(20-13-9-10-14-21(20)23)25-17-12-8-6-5-7-11-15-24/h9-10,13-14,18H,3-8,11-12,15-17H2,1-2H3.